The monoisotopic (exact) mass is 522 g/mol. The number of hydrogen-bond donors (Lipinski definition) is 3. The van der Waals surface area contributed by atoms with Gasteiger partial charge in [0.05, 0.1) is 5.56 Å². The molecule has 1 fully saturated rings. The summed E-state index contributed by atoms with van der Waals surface area (Å²) in [7, 11) is 2.15. The third-order valence-electron chi connectivity index (χ3n) is 8.00. The number of aromatic nitrogens is 1. The molecule has 6 rings (SSSR count). The van der Waals surface area contributed by atoms with Crippen molar-refractivity contribution in [1.29, 1.82) is 0 Å². The lowest BCUT2D eigenvalue weighted by Crippen LogP contribution is -2.44. The maximum atomic E-state index is 13.2. The number of benzene rings is 2. The fourth-order valence-corrected chi connectivity index (χ4v) is 5.55. The lowest BCUT2D eigenvalue weighted by atomic mass is 9.77. The van der Waals surface area contributed by atoms with E-state index < -0.39 is 0 Å². The van der Waals surface area contributed by atoms with Crippen LogP contribution in [0.2, 0.25) is 0 Å². The minimum atomic E-state index is -0.203. The van der Waals surface area contributed by atoms with Gasteiger partial charge in [-0.3, -0.25) is 9.59 Å². The first-order chi connectivity index (χ1) is 18.8. The number of nitrogens with one attached hydrogen (secondary N) is 3. The van der Waals surface area contributed by atoms with Crippen molar-refractivity contribution in [3.63, 3.8) is 0 Å². The van der Waals surface area contributed by atoms with E-state index in [-0.39, 0.29) is 17.2 Å². The van der Waals surface area contributed by atoms with Crippen LogP contribution in [0.15, 0.2) is 60.8 Å². The third-order valence-corrected chi connectivity index (χ3v) is 8.00. The normalized spacial score (nSPS) is 18.3. The lowest BCUT2D eigenvalue weighted by molar-refractivity contribution is 0.0929. The van der Waals surface area contributed by atoms with Crippen LogP contribution in [-0.2, 0) is 5.41 Å². The Morgan fingerprint density at radius 2 is 1.74 bits per heavy atom. The Hall–Kier alpha value is -4.17. The molecule has 200 valence electrons. The van der Waals surface area contributed by atoms with Crippen molar-refractivity contribution in [3.05, 3.63) is 88.6 Å². The smallest absolute Gasteiger partial charge is 0.257 e. The summed E-state index contributed by atoms with van der Waals surface area (Å²) in [6, 6.07) is 15.9. The van der Waals surface area contributed by atoms with Crippen molar-refractivity contribution in [2.75, 3.05) is 61.8 Å². The molecule has 8 nitrogen and oxygen atoms in total. The zero-order valence-electron chi connectivity index (χ0n) is 22.7. The Bertz CT molecular complexity index is 1470. The van der Waals surface area contributed by atoms with Crippen molar-refractivity contribution in [1.82, 2.24) is 15.2 Å². The minimum Gasteiger partial charge on any atom is -0.369 e. The Balaban J connectivity index is 1.23. The number of pyridine rings is 1. The van der Waals surface area contributed by atoms with Gasteiger partial charge < -0.3 is 25.8 Å². The minimum absolute atomic E-state index is 0.0345. The summed E-state index contributed by atoms with van der Waals surface area (Å²) in [5.74, 6) is 0.508. The number of hydrogen-bond acceptors (Lipinski definition) is 6. The van der Waals surface area contributed by atoms with Crippen LogP contribution in [0, 0.1) is 0 Å². The number of piperazine rings is 1. The summed E-state index contributed by atoms with van der Waals surface area (Å²) >= 11 is 0. The van der Waals surface area contributed by atoms with Crippen LogP contribution in [0.4, 0.5) is 17.2 Å². The molecule has 3 aliphatic heterocycles. The van der Waals surface area contributed by atoms with Crippen LogP contribution in [0.25, 0.3) is 5.57 Å². The lowest BCUT2D eigenvalue weighted by Gasteiger charge is -2.34. The zero-order valence-corrected chi connectivity index (χ0v) is 22.7. The summed E-state index contributed by atoms with van der Waals surface area (Å²) in [5, 5.41) is 9.32. The van der Waals surface area contributed by atoms with Crippen LogP contribution in [0.1, 0.15) is 51.3 Å². The van der Waals surface area contributed by atoms with E-state index in [9.17, 15) is 9.59 Å². The maximum absolute atomic E-state index is 13.2. The van der Waals surface area contributed by atoms with Gasteiger partial charge in [0.25, 0.3) is 11.8 Å². The van der Waals surface area contributed by atoms with Crippen LogP contribution in [-0.4, -0.2) is 68.0 Å². The van der Waals surface area contributed by atoms with Gasteiger partial charge in [-0.1, -0.05) is 26.0 Å². The van der Waals surface area contributed by atoms with Gasteiger partial charge >= 0.3 is 0 Å². The molecule has 0 aliphatic carbocycles. The standard InChI is InChI=1S/C31H34N6O2/c1-31(2)19-34-30(39)25-9-4-20(17-27(25)31)24-10-11-32-28-26(24)16-21(18-33-28)29(38)35-22-5-7-23(8-6-22)37-14-12-36(3)13-15-37/h4-10,16-18H,11-15,19H2,1-3H3,(H,32,33)(H,34,39)(H,35,38). The molecule has 0 radical (unpaired) electrons. The molecular weight excluding hydrogens is 488 g/mol. The Labute approximate surface area is 229 Å². The summed E-state index contributed by atoms with van der Waals surface area (Å²) in [6.45, 7) is 9.62. The van der Waals surface area contributed by atoms with E-state index in [1.165, 1.54) is 5.69 Å². The van der Waals surface area contributed by atoms with Crippen LogP contribution < -0.4 is 20.9 Å². The molecule has 3 aromatic rings. The number of nitrogens with zero attached hydrogens (tertiary/aromatic N) is 3. The highest BCUT2D eigenvalue weighted by Crippen LogP contribution is 2.36. The molecule has 4 heterocycles. The first kappa shape index (κ1) is 25.1. The molecule has 3 aliphatic rings. The highest BCUT2D eigenvalue weighted by atomic mass is 16.2. The molecular formula is C31H34N6O2. The van der Waals surface area contributed by atoms with Gasteiger partial charge in [-0.05, 0) is 66.2 Å². The summed E-state index contributed by atoms with van der Waals surface area (Å²) in [6.07, 6.45) is 3.73. The van der Waals surface area contributed by atoms with Crippen LogP contribution >= 0.6 is 0 Å². The quantitative estimate of drug-likeness (QED) is 0.481. The summed E-state index contributed by atoms with van der Waals surface area (Å²) < 4.78 is 0. The van der Waals surface area contributed by atoms with E-state index in [0.29, 0.717) is 18.7 Å². The van der Waals surface area contributed by atoms with Crippen molar-refractivity contribution in [2.24, 2.45) is 0 Å². The topological polar surface area (TPSA) is 89.6 Å². The molecule has 1 saturated heterocycles. The molecule has 0 bridgehead atoms. The van der Waals surface area contributed by atoms with E-state index in [1.807, 2.05) is 30.3 Å². The zero-order chi connectivity index (χ0) is 27.1. The van der Waals surface area contributed by atoms with Crippen LogP contribution in [0.5, 0.6) is 0 Å². The number of carbonyl (C=O) groups is 2. The van der Waals surface area contributed by atoms with Gasteiger partial charge in [-0.15, -0.1) is 0 Å². The molecule has 0 unspecified atom stereocenters. The van der Waals surface area contributed by atoms with Gasteiger partial charge in [0.15, 0.2) is 0 Å². The molecule has 3 N–H and O–H groups in total. The van der Waals surface area contributed by atoms with E-state index in [2.05, 4.69) is 75.9 Å². The molecule has 2 aromatic carbocycles. The van der Waals surface area contributed by atoms with Crippen molar-refractivity contribution in [3.8, 4) is 0 Å². The van der Waals surface area contributed by atoms with Gasteiger partial charge in [0.1, 0.15) is 5.82 Å². The van der Waals surface area contributed by atoms with Gasteiger partial charge in [-0.25, -0.2) is 4.98 Å². The second kappa shape index (κ2) is 9.85. The van der Waals surface area contributed by atoms with Crippen molar-refractivity contribution >= 4 is 34.6 Å². The number of rotatable bonds is 4. The first-order valence-electron chi connectivity index (χ1n) is 13.5. The number of amides is 2. The molecule has 8 heteroatoms. The molecule has 0 atom stereocenters. The Kier molecular flexibility index (Phi) is 6.35. The van der Waals surface area contributed by atoms with Crippen molar-refractivity contribution in [2.45, 2.75) is 19.3 Å². The molecule has 2 amide bonds. The predicted molar refractivity (Wildman–Crippen MR) is 156 cm³/mol. The average molecular weight is 523 g/mol. The Morgan fingerprint density at radius 1 is 0.974 bits per heavy atom. The van der Waals surface area contributed by atoms with Gasteiger partial charge in [0.2, 0.25) is 0 Å². The number of carbonyl (C=O) groups excluding carboxylic acids is 2. The number of likely N-dealkylation sites (N-methyl/N-ethyl adjacent to an activating group) is 1. The highest BCUT2D eigenvalue weighted by Gasteiger charge is 2.32. The highest BCUT2D eigenvalue weighted by molar-refractivity contribution is 6.05. The van der Waals surface area contributed by atoms with Gasteiger partial charge in [-0.2, -0.15) is 0 Å². The summed E-state index contributed by atoms with van der Waals surface area (Å²) in [4.78, 5) is 35.0. The van der Waals surface area contributed by atoms with Crippen LogP contribution in [0.3, 0.4) is 0 Å². The Morgan fingerprint density at radius 3 is 2.51 bits per heavy atom. The first-order valence-corrected chi connectivity index (χ1v) is 13.5. The van der Waals surface area contributed by atoms with Gasteiger partial charge in [0, 0.05) is 73.4 Å². The second-order valence-corrected chi connectivity index (χ2v) is 11.2. The molecule has 0 saturated carbocycles. The third kappa shape index (κ3) is 4.88. The maximum Gasteiger partial charge on any atom is 0.257 e. The second-order valence-electron chi connectivity index (χ2n) is 11.2. The van der Waals surface area contributed by atoms with Crippen molar-refractivity contribution < 1.29 is 9.59 Å². The molecule has 1 aromatic heterocycles. The fraction of sp³-hybridized carbons (Fsp3) is 0.323. The predicted octanol–water partition coefficient (Wildman–Crippen LogP) is 3.96. The van der Waals surface area contributed by atoms with E-state index in [4.69, 9.17) is 0 Å². The van der Waals surface area contributed by atoms with E-state index in [0.717, 1.165) is 65.5 Å². The number of fused-ring (bicyclic) bond motifs is 2. The molecule has 39 heavy (non-hydrogen) atoms. The molecule has 0 spiro atoms. The average Bonchev–Trinajstić information content (AvgIpc) is 2.95. The van der Waals surface area contributed by atoms with E-state index >= 15 is 0 Å². The van der Waals surface area contributed by atoms with E-state index in [1.54, 1.807) is 6.20 Å². The SMILES string of the molecule is CN1CCN(c2ccc(NC(=O)c3cnc4c(c3)C(c3ccc5c(c3)C(C)(C)CNC5=O)=CCN4)cc2)CC1. The summed E-state index contributed by atoms with van der Waals surface area (Å²) in [5.41, 5.74) is 6.88. The largest absolute Gasteiger partial charge is 0.369 e. The number of anilines is 3. The fourth-order valence-electron chi connectivity index (χ4n) is 5.55.